The van der Waals surface area contributed by atoms with Crippen LogP contribution in [0.25, 0.3) is 0 Å². The molecule has 2 fully saturated rings. The molecule has 8 nitrogen and oxygen atoms in total. The van der Waals surface area contributed by atoms with Crippen molar-refractivity contribution in [3.8, 4) is 0 Å². The molecule has 1 aromatic carbocycles. The Morgan fingerprint density at radius 1 is 1.26 bits per heavy atom. The lowest BCUT2D eigenvalue weighted by atomic mass is 9.91. The highest BCUT2D eigenvalue weighted by molar-refractivity contribution is 7.99. The lowest BCUT2D eigenvalue weighted by molar-refractivity contribution is 0.0221. The Kier molecular flexibility index (Phi) is 6.30. The molecule has 3 heterocycles. The zero-order valence-corrected chi connectivity index (χ0v) is 20.3. The normalized spacial score (nSPS) is 17.1. The van der Waals surface area contributed by atoms with Gasteiger partial charge in [0.1, 0.15) is 23.6 Å². The van der Waals surface area contributed by atoms with Crippen LogP contribution in [0.3, 0.4) is 0 Å². The SMILES string of the molecule is CC(F)(F)CNC(=O)c1ccc(Sc2nc(Nc3ncns3)cc(N3CC(F)(C4CC4)C3)n2)cc1. The van der Waals surface area contributed by atoms with Gasteiger partial charge in [0, 0.05) is 35.0 Å². The van der Waals surface area contributed by atoms with Crippen molar-refractivity contribution in [1.82, 2.24) is 24.6 Å². The number of carbonyl (C=O) groups is 1. The predicted molar refractivity (Wildman–Crippen MR) is 128 cm³/mol. The zero-order valence-electron chi connectivity index (χ0n) is 18.7. The van der Waals surface area contributed by atoms with E-state index in [9.17, 15) is 18.0 Å². The predicted octanol–water partition coefficient (Wildman–Crippen LogP) is 4.55. The minimum absolute atomic E-state index is 0.146. The van der Waals surface area contributed by atoms with E-state index < -0.39 is 24.0 Å². The molecule has 0 radical (unpaired) electrons. The smallest absolute Gasteiger partial charge is 0.262 e. The molecule has 1 saturated carbocycles. The van der Waals surface area contributed by atoms with E-state index in [1.807, 2.05) is 4.90 Å². The Morgan fingerprint density at radius 3 is 2.63 bits per heavy atom. The number of benzene rings is 1. The minimum atomic E-state index is -2.98. The Balaban J connectivity index is 1.31. The van der Waals surface area contributed by atoms with Gasteiger partial charge < -0.3 is 15.5 Å². The van der Waals surface area contributed by atoms with Crippen molar-refractivity contribution >= 4 is 46.0 Å². The topological polar surface area (TPSA) is 95.9 Å². The fourth-order valence-corrected chi connectivity index (χ4v) is 4.95. The van der Waals surface area contributed by atoms with E-state index in [1.165, 1.54) is 29.6 Å². The summed E-state index contributed by atoms with van der Waals surface area (Å²) in [7, 11) is 0. The van der Waals surface area contributed by atoms with Crippen molar-refractivity contribution in [2.75, 3.05) is 29.9 Å². The third kappa shape index (κ3) is 5.84. The summed E-state index contributed by atoms with van der Waals surface area (Å²) in [5.74, 6) is -2.29. The molecule has 5 rings (SSSR count). The molecule has 1 aliphatic heterocycles. The number of aromatic nitrogens is 4. The van der Waals surface area contributed by atoms with Crippen molar-refractivity contribution in [3.63, 3.8) is 0 Å². The van der Waals surface area contributed by atoms with E-state index in [0.717, 1.165) is 24.7 Å². The Hall–Kier alpha value is -2.93. The summed E-state index contributed by atoms with van der Waals surface area (Å²) in [6.45, 7) is 0.620. The van der Waals surface area contributed by atoms with Gasteiger partial charge in [-0.25, -0.2) is 28.1 Å². The first kappa shape index (κ1) is 23.8. The molecular weight excluding hydrogens is 499 g/mol. The van der Waals surface area contributed by atoms with Crippen molar-refractivity contribution in [1.29, 1.82) is 0 Å². The quantitative estimate of drug-likeness (QED) is 0.396. The van der Waals surface area contributed by atoms with Gasteiger partial charge in [0.2, 0.25) is 5.13 Å². The maximum atomic E-state index is 14.9. The van der Waals surface area contributed by atoms with Crippen LogP contribution < -0.4 is 15.5 Å². The van der Waals surface area contributed by atoms with Crippen LogP contribution in [0.15, 0.2) is 46.7 Å². The van der Waals surface area contributed by atoms with E-state index >= 15 is 0 Å². The minimum Gasteiger partial charge on any atom is -0.350 e. The first-order chi connectivity index (χ1) is 16.7. The molecule has 2 N–H and O–H groups in total. The van der Waals surface area contributed by atoms with Crippen LogP contribution in [0.5, 0.6) is 0 Å². The van der Waals surface area contributed by atoms with Crippen LogP contribution in [-0.2, 0) is 0 Å². The number of amides is 1. The average molecular weight is 522 g/mol. The van der Waals surface area contributed by atoms with Crippen molar-refractivity contribution in [3.05, 3.63) is 42.2 Å². The number of rotatable bonds is 9. The van der Waals surface area contributed by atoms with Gasteiger partial charge in [-0.3, -0.25) is 4.79 Å². The van der Waals surface area contributed by atoms with E-state index in [-0.39, 0.29) is 11.5 Å². The molecule has 35 heavy (non-hydrogen) atoms. The van der Waals surface area contributed by atoms with Crippen molar-refractivity contribution in [2.45, 2.75) is 41.4 Å². The molecule has 13 heteroatoms. The molecule has 2 aromatic heterocycles. The maximum Gasteiger partial charge on any atom is 0.262 e. The summed E-state index contributed by atoms with van der Waals surface area (Å²) in [5, 5.41) is 6.32. The highest BCUT2D eigenvalue weighted by Crippen LogP contribution is 2.48. The maximum absolute atomic E-state index is 14.9. The number of hydrogen-bond acceptors (Lipinski definition) is 9. The monoisotopic (exact) mass is 521 g/mol. The highest BCUT2D eigenvalue weighted by Gasteiger charge is 2.54. The third-order valence-electron chi connectivity index (χ3n) is 5.71. The van der Waals surface area contributed by atoms with Gasteiger partial charge in [-0.2, -0.15) is 4.37 Å². The number of nitrogens with zero attached hydrogens (tertiary/aromatic N) is 5. The second kappa shape index (κ2) is 9.26. The van der Waals surface area contributed by atoms with Crippen LogP contribution in [0.1, 0.15) is 30.1 Å². The first-order valence-electron chi connectivity index (χ1n) is 11.0. The van der Waals surface area contributed by atoms with E-state index in [4.69, 9.17) is 0 Å². The van der Waals surface area contributed by atoms with Crippen molar-refractivity contribution < 1.29 is 18.0 Å². The molecule has 1 amide bonds. The summed E-state index contributed by atoms with van der Waals surface area (Å²) >= 11 is 2.46. The number of hydrogen-bond donors (Lipinski definition) is 2. The largest absolute Gasteiger partial charge is 0.350 e. The van der Waals surface area contributed by atoms with Crippen LogP contribution >= 0.6 is 23.3 Å². The molecule has 1 saturated heterocycles. The second-order valence-electron chi connectivity index (χ2n) is 8.81. The number of nitrogens with one attached hydrogen (secondary N) is 2. The molecule has 0 bridgehead atoms. The molecule has 184 valence electrons. The van der Waals surface area contributed by atoms with E-state index in [0.29, 0.717) is 35.0 Å². The second-order valence-corrected chi connectivity index (χ2v) is 10.6. The standard InChI is InChI=1S/C22H22F3N7OS2/c1-21(23,24)9-26-18(33)13-2-6-15(7-3-13)34-20-30-16(29-19-27-12-28-35-19)8-17(31-20)32-10-22(25,11-32)14-4-5-14/h2-3,6-8,12,14H,4-5,9-11H2,1H3,(H,26,33)(H,27,28,29,30,31). The zero-order chi connectivity index (χ0) is 24.6. The number of anilines is 3. The van der Waals surface area contributed by atoms with E-state index in [2.05, 4.69) is 30.0 Å². The lowest BCUT2D eigenvalue weighted by Gasteiger charge is -2.45. The average Bonchev–Trinajstić information content (AvgIpc) is 3.53. The van der Waals surface area contributed by atoms with Crippen LogP contribution in [0.4, 0.5) is 29.9 Å². The fraction of sp³-hybridized carbons (Fsp3) is 0.409. The van der Waals surface area contributed by atoms with Crippen LogP contribution in [-0.4, -0.2) is 56.5 Å². The number of alkyl halides is 3. The molecule has 1 aliphatic carbocycles. The van der Waals surface area contributed by atoms with Gasteiger partial charge in [0.05, 0.1) is 19.6 Å². The summed E-state index contributed by atoms with van der Waals surface area (Å²) in [6.07, 6.45) is 3.31. The van der Waals surface area contributed by atoms with Crippen molar-refractivity contribution in [2.24, 2.45) is 5.92 Å². The molecule has 0 spiro atoms. The molecule has 0 atom stereocenters. The van der Waals surface area contributed by atoms with Gasteiger partial charge in [0.15, 0.2) is 5.16 Å². The highest BCUT2D eigenvalue weighted by atomic mass is 32.2. The lowest BCUT2D eigenvalue weighted by Crippen LogP contribution is -2.60. The van der Waals surface area contributed by atoms with Gasteiger partial charge in [-0.1, -0.05) is 0 Å². The summed E-state index contributed by atoms with van der Waals surface area (Å²) in [6, 6.07) is 8.26. The molecule has 2 aliphatic rings. The van der Waals surface area contributed by atoms with E-state index in [1.54, 1.807) is 30.3 Å². The number of halogens is 3. The summed E-state index contributed by atoms with van der Waals surface area (Å²) < 4.78 is 44.9. The van der Waals surface area contributed by atoms with Crippen LogP contribution in [0.2, 0.25) is 0 Å². The summed E-state index contributed by atoms with van der Waals surface area (Å²) in [5.41, 5.74) is -0.879. The Labute approximate surface area is 207 Å². The van der Waals surface area contributed by atoms with Gasteiger partial charge >= 0.3 is 0 Å². The first-order valence-corrected chi connectivity index (χ1v) is 12.6. The van der Waals surface area contributed by atoms with Crippen LogP contribution in [0, 0.1) is 5.92 Å². The molecular formula is C22H22F3N7OS2. The number of carbonyl (C=O) groups excluding carboxylic acids is 1. The van der Waals surface area contributed by atoms with Gasteiger partial charge in [-0.15, -0.1) is 0 Å². The summed E-state index contributed by atoms with van der Waals surface area (Å²) in [4.78, 5) is 28.0. The fourth-order valence-electron chi connectivity index (χ4n) is 3.75. The Morgan fingerprint density at radius 2 is 2.00 bits per heavy atom. The van der Waals surface area contributed by atoms with Gasteiger partial charge in [0.25, 0.3) is 11.8 Å². The third-order valence-corrected chi connectivity index (χ3v) is 7.17. The Bertz CT molecular complexity index is 1190. The molecule has 3 aromatic rings. The van der Waals surface area contributed by atoms with Gasteiger partial charge in [-0.05, 0) is 54.8 Å². The molecule has 0 unspecified atom stereocenters.